The highest BCUT2D eigenvalue weighted by Crippen LogP contribution is 2.38. The van der Waals surface area contributed by atoms with Crippen LogP contribution in [-0.4, -0.2) is 94.0 Å². The van der Waals surface area contributed by atoms with Crippen molar-refractivity contribution in [1.82, 2.24) is 43.6 Å². The number of alkyl halides is 6. The van der Waals surface area contributed by atoms with Gasteiger partial charge >= 0.3 is 12.5 Å². The Balaban J connectivity index is 0.000000166. The summed E-state index contributed by atoms with van der Waals surface area (Å²) in [6.45, 7) is 24.4. The Morgan fingerprint density at radius 3 is 1.52 bits per heavy atom. The van der Waals surface area contributed by atoms with Gasteiger partial charge in [-0.15, -0.1) is 13.2 Å². The Bertz CT molecular complexity index is 3710. The first-order valence-electron chi connectivity index (χ1n) is 27.7. The second-order valence-corrected chi connectivity index (χ2v) is 24.7. The lowest BCUT2D eigenvalue weighted by Gasteiger charge is -2.30. The number of carbonyl (C=O) groups is 3. The molecule has 8 aromatic rings. The zero-order chi connectivity index (χ0) is 62.0. The predicted octanol–water partition coefficient (Wildman–Crippen LogP) is 13.6. The number of halogens is 7. The Labute approximate surface area is 487 Å². The lowest BCUT2D eigenvalue weighted by Crippen LogP contribution is -2.36. The molecule has 0 unspecified atom stereocenters. The van der Waals surface area contributed by atoms with E-state index >= 15 is 0 Å². The number of imidazole rings is 3. The number of nitrogens with zero attached hydrogens (tertiary/aromatic N) is 10. The highest BCUT2D eigenvalue weighted by atomic mass is 19.4. The summed E-state index contributed by atoms with van der Waals surface area (Å²) < 4.78 is 105. The van der Waals surface area contributed by atoms with Crippen LogP contribution in [0.25, 0.3) is 44.9 Å². The molecule has 0 atom stereocenters. The Hall–Kier alpha value is -8.22. The Morgan fingerprint density at radius 2 is 1.05 bits per heavy atom. The molecule has 25 heteroatoms. The average Bonchev–Trinajstić information content (AvgIpc) is 1.84. The van der Waals surface area contributed by atoms with Crippen molar-refractivity contribution in [3.05, 3.63) is 102 Å². The lowest BCUT2D eigenvalue weighted by atomic mass is 9.92. The van der Waals surface area contributed by atoms with E-state index in [1.165, 1.54) is 23.1 Å². The number of fused-ring (bicyclic) bond motifs is 3. The van der Waals surface area contributed by atoms with Gasteiger partial charge in [-0.25, -0.2) is 34.3 Å². The number of aromatic nitrogens is 9. The zero-order valence-electron chi connectivity index (χ0n) is 49.3. The topological polar surface area (TPSA) is 201 Å². The molecule has 3 amide bonds. The van der Waals surface area contributed by atoms with Crippen molar-refractivity contribution in [3.8, 4) is 17.1 Å². The summed E-state index contributed by atoms with van der Waals surface area (Å²) in [7, 11) is 0. The van der Waals surface area contributed by atoms with Crippen LogP contribution in [0, 0.1) is 35.9 Å². The van der Waals surface area contributed by atoms with Crippen LogP contribution in [-0.2, 0) is 25.3 Å². The number of rotatable bonds is 11. The largest absolute Gasteiger partial charge is 0.573 e. The third kappa shape index (κ3) is 16.6. The molecule has 10 rings (SSSR count). The standard InChI is InChI=1S/C20H20F4N4O2.C20H21F3N4O.C20H29N5O2/c1-11-5-7-14-17(25-11)28(18(26-14)27-16(29)10-19(2,3)4)15-8-6-12(9-13(15)21)30-20(22,23)24;1-12-5-10-15-17(24-12)27(14-8-6-13(7-9-14)20(21,22)23)18(25-15)26-16(28)11-19(2,3)4;1-20(2,3)13-17(26)23-19-21-15-7-8-16(24-9-11-27-12-10-24)22-18(15)25(19)14-5-4-6-14/h5-9H,10H2,1-4H3,(H,26,27,29);5-10H,11H2,1-4H3,(H,25,26,28);7-8,14H,4-6,9-13H2,1-3H3,(H,21,23,26). The third-order valence-corrected chi connectivity index (χ3v) is 13.3. The molecule has 1 aliphatic carbocycles. The number of pyridine rings is 3. The van der Waals surface area contributed by atoms with Gasteiger partial charge in [0.05, 0.1) is 30.2 Å². The number of aryl methyl sites for hydroxylation is 2. The SMILES string of the molecule is CC(C)(C)CC(=O)Nc1nc2ccc(N3CCOCC3)nc2n1C1CCC1.Cc1ccc2nc(NC(=O)CC(C)(C)C)n(-c3ccc(C(F)(F)F)cc3)c2n1.Cc1ccc2nc(NC(=O)CC(C)(C)C)n(-c3ccc(OC(F)(F)F)cc3F)c2n1. The minimum atomic E-state index is -4.94. The van der Waals surface area contributed by atoms with Crippen LogP contribution in [0.15, 0.2) is 78.9 Å². The van der Waals surface area contributed by atoms with Crippen molar-refractivity contribution < 1.29 is 54.6 Å². The molecule has 1 saturated heterocycles. The fraction of sp³-hybridized carbons (Fsp3) is 0.450. The summed E-state index contributed by atoms with van der Waals surface area (Å²) in [6.07, 6.45) is -5.02. The third-order valence-electron chi connectivity index (χ3n) is 13.3. The second-order valence-electron chi connectivity index (χ2n) is 24.7. The number of hydrogen-bond donors (Lipinski definition) is 3. The summed E-state index contributed by atoms with van der Waals surface area (Å²) in [5.74, 6) is -0.425. The highest BCUT2D eigenvalue weighted by Gasteiger charge is 2.33. The van der Waals surface area contributed by atoms with Crippen molar-refractivity contribution in [1.29, 1.82) is 0 Å². The van der Waals surface area contributed by atoms with Gasteiger partial charge in [0, 0.05) is 55.8 Å². The minimum Gasteiger partial charge on any atom is -0.406 e. The lowest BCUT2D eigenvalue weighted by molar-refractivity contribution is -0.274. The second kappa shape index (κ2) is 24.8. The smallest absolute Gasteiger partial charge is 0.406 e. The van der Waals surface area contributed by atoms with Crippen molar-refractivity contribution in [2.45, 2.75) is 133 Å². The van der Waals surface area contributed by atoms with Crippen LogP contribution in [0.1, 0.15) is 124 Å². The molecule has 2 aliphatic rings. The molecule has 18 nitrogen and oxygen atoms in total. The summed E-state index contributed by atoms with van der Waals surface area (Å²) >= 11 is 0. The Morgan fingerprint density at radius 1 is 0.576 bits per heavy atom. The number of ether oxygens (including phenoxy) is 2. The summed E-state index contributed by atoms with van der Waals surface area (Å²) in [5, 5.41) is 8.46. The van der Waals surface area contributed by atoms with E-state index in [0.717, 1.165) is 86.1 Å². The van der Waals surface area contributed by atoms with Gasteiger partial charge in [0.1, 0.15) is 28.1 Å². The van der Waals surface area contributed by atoms with E-state index in [9.17, 15) is 45.1 Å². The fourth-order valence-corrected chi connectivity index (χ4v) is 9.37. The number of benzene rings is 2. The average molecular weight is 1190 g/mol. The van der Waals surface area contributed by atoms with Crippen molar-refractivity contribution in [2.24, 2.45) is 16.2 Å². The molecule has 0 spiro atoms. The molecule has 2 aromatic carbocycles. The van der Waals surface area contributed by atoms with Gasteiger partial charge in [-0.1, -0.05) is 62.3 Å². The van der Waals surface area contributed by atoms with Gasteiger partial charge in [0.2, 0.25) is 35.6 Å². The number of hydrogen-bond acceptors (Lipinski definition) is 12. The van der Waals surface area contributed by atoms with Gasteiger partial charge in [-0.3, -0.25) is 44.0 Å². The van der Waals surface area contributed by atoms with Crippen LogP contribution in [0.2, 0.25) is 0 Å². The number of anilines is 4. The van der Waals surface area contributed by atoms with Crippen molar-refractivity contribution in [3.63, 3.8) is 0 Å². The molecule has 7 heterocycles. The summed E-state index contributed by atoms with van der Waals surface area (Å²) in [6, 6.07) is 18.7. The quantitative estimate of drug-likeness (QED) is 0.104. The molecule has 2 fully saturated rings. The first-order chi connectivity index (χ1) is 39.7. The normalized spacial score (nSPS) is 14.3. The van der Waals surface area contributed by atoms with E-state index < -0.39 is 29.7 Å². The number of carbonyl (C=O) groups excluding carboxylic acids is 3. The van der Waals surface area contributed by atoms with E-state index in [4.69, 9.17) is 14.7 Å². The molecule has 1 saturated carbocycles. The van der Waals surface area contributed by atoms with Crippen molar-refractivity contribution >= 4 is 74.9 Å². The van der Waals surface area contributed by atoms with Gasteiger partial charge in [0.25, 0.3) is 0 Å². The zero-order valence-corrected chi connectivity index (χ0v) is 49.3. The molecule has 454 valence electrons. The summed E-state index contributed by atoms with van der Waals surface area (Å²) in [4.78, 5) is 66.7. The van der Waals surface area contributed by atoms with E-state index in [1.807, 2.05) is 53.7 Å². The van der Waals surface area contributed by atoms with Crippen LogP contribution < -0.4 is 25.6 Å². The highest BCUT2D eigenvalue weighted by molar-refractivity contribution is 5.94. The van der Waals surface area contributed by atoms with Crippen LogP contribution >= 0.6 is 0 Å². The van der Waals surface area contributed by atoms with Crippen LogP contribution in [0.3, 0.4) is 0 Å². The van der Waals surface area contributed by atoms with Crippen molar-refractivity contribution in [2.75, 3.05) is 47.2 Å². The molecular formula is C60H70F7N13O5. The van der Waals surface area contributed by atoms with Crippen LogP contribution in [0.5, 0.6) is 5.75 Å². The minimum absolute atomic E-state index is 0.00628. The molecule has 85 heavy (non-hydrogen) atoms. The number of nitrogens with one attached hydrogen (secondary N) is 3. The van der Waals surface area contributed by atoms with Gasteiger partial charge in [-0.2, -0.15) is 13.2 Å². The maximum absolute atomic E-state index is 14.8. The van der Waals surface area contributed by atoms with Gasteiger partial charge in [0.15, 0.2) is 22.8 Å². The molecular weight excluding hydrogens is 1120 g/mol. The maximum atomic E-state index is 14.8. The molecule has 0 radical (unpaired) electrons. The number of amides is 3. The predicted molar refractivity (Wildman–Crippen MR) is 310 cm³/mol. The van der Waals surface area contributed by atoms with E-state index in [-0.39, 0.29) is 70.0 Å². The van der Waals surface area contributed by atoms with Crippen LogP contribution in [0.4, 0.5) is 54.4 Å². The van der Waals surface area contributed by atoms with Gasteiger partial charge < -0.3 is 14.4 Å². The molecule has 6 aromatic heterocycles. The number of morpholine rings is 1. The molecule has 1 aliphatic heterocycles. The first kappa shape index (κ1) is 62.8. The molecule has 0 bridgehead atoms. The van der Waals surface area contributed by atoms with E-state index in [0.29, 0.717) is 52.5 Å². The fourth-order valence-electron chi connectivity index (χ4n) is 9.37. The molecule has 3 N–H and O–H groups in total. The first-order valence-corrected chi connectivity index (χ1v) is 27.7. The maximum Gasteiger partial charge on any atom is 0.573 e. The van der Waals surface area contributed by atoms with E-state index in [2.05, 4.69) is 70.9 Å². The van der Waals surface area contributed by atoms with E-state index in [1.54, 1.807) is 42.7 Å². The monoisotopic (exact) mass is 1190 g/mol. The van der Waals surface area contributed by atoms with Gasteiger partial charge in [-0.05, 0) is 122 Å². The Kier molecular flexibility index (Phi) is 18.3. The summed E-state index contributed by atoms with van der Waals surface area (Å²) in [5.41, 5.74) is 3.69.